The fourth-order valence-corrected chi connectivity index (χ4v) is 3.27. The maximum atomic E-state index is 10.5. The number of aliphatic hydroxyl groups excluding tert-OH is 2. The van der Waals surface area contributed by atoms with Crippen molar-refractivity contribution in [3.05, 3.63) is 71.6 Å². The molecule has 4 heteroatoms. The van der Waals surface area contributed by atoms with Crippen LogP contribution in [0.15, 0.2) is 49.2 Å². The molecule has 0 bridgehead atoms. The molecule has 0 aliphatic heterocycles. The molecule has 0 aliphatic rings. The Morgan fingerprint density at radius 2 is 1.85 bits per heavy atom. The number of rotatable bonds is 8. The number of aromatic nitrogens is 1. The molecule has 0 saturated carbocycles. The van der Waals surface area contributed by atoms with Crippen molar-refractivity contribution in [3.8, 4) is 5.75 Å². The van der Waals surface area contributed by atoms with Gasteiger partial charge in [0, 0.05) is 12.1 Å². The Kier molecular flexibility index (Phi) is 7.34. The molecule has 3 atom stereocenters. The van der Waals surface area contributed by atoms with Gasteiger partial charge in [-0.3, -0.25) is 4.98 Å². The number of hydrogen-bond donors (Lipinski definition) is 3. The van der Waals surface area contributed by atoms with Gasteiger partial charge < -0.3 is 15.3 Å². The molecular weight excluding hydrogens is 338 g/mol. The summed E-state index contributed by atoms with van der Waals surface area (Å²) >= 11 is 0. The van der Waals surface area contributed by atoms with Crippen molar-refractivity contribution in [2.24, 2.45) is 5.92 Å². The molecule has 0 radical (unpaired) electrons. The topological polar surface area (TPSA) is 73.6 Å². The van der Waals surface area contributed by atoms with Gasteiger partial charge in [-0.2, -0.15) is 0 Å². The van der Waals surface area contributed by atoms with E-state index in [2.05, 4.69) is 11.6 Å². The standard InChI is InChI=1S/C23H29NO3/c1-5-20(17(4)25)22(26)10-9-19(21-8-6-7-11-24-21)14-18-12-15(2)23(27)16(3)13-18/h5-8,11-14,17,20,22,25-27H,1,9-10H2,2-4H3/b19-14-/t17-,20+,22-/m1/s1. The van der Waals surface area contributed by atoms with Crippen LogP contribution in [0.25, 0.3) is 11.6 Å². The molecule has 1 aromatic heterocycles. The molecule has 0 fully saturated rings. The summed E-state index contributed by atoms with van der Waals surface area (Å²) in [5.74, 6) is -0.0548. The van der Waals surface area contributed by atoms with Gasteiger partial charge in [-0.05, 0) is 86.2 Å². The molecule has 0 amide bonds. The van der Waals surface area contributed by atoms with E-state index in [-0.39, 0.29) is 5.92 Å². The van der Waals surface area contributed by atoms with Gasteiger partial charge in [-0.15, -0.1) is 6.58 Å². The van der Waals surface area contributed by atoms with Gasteiger partial charge in [0.1, 0.15) is 5.75 Å². The van der Waals surface area contributed by atoms with Crippen LogP contribution in [0.1, 0.15) is 42.1 Å². The third-order valence-electron chi connectivity index (χ3n) is 4.83. The third kappa shape index (κ3) is 5.52. The zero-order valence-corrected chi connectivity index (χ0v) is 16.3. The lowest BCUT2D eigenvalue weighted by molar-refractivity contribution is 0.0429. The van der Waals surface area contributed by atoms with Crippen molar-refractivity contribution in [1.29, 1.82) is 0 Å². The number of benzene rings is 1. The zero-order valence-electron chi connectivity index (χ0n) is 16.3. The van der Waals surface area contributed by atoms with Crippen molar-refractivity contribution in [2.45, 2.75) is 45.8 Å². The van der Waals surface area contributed by atoms with Crippen LogP contribution in [0.3, 0.4) is 0 Å². The van der Waals surface area contributed by atoms with Gasteiger partial charge in [0.25, 0.3) is 0 Å². The van der Waals surface area contributed by atoms with Gasteiger partial charge in [0.2, 0.25) is 0 Å². The number of hydrogen-bond acceptors (Lipinski definition) is 4. The summed E-state index contributed by atoms with van der Waals surface area (Å²) in [4.78, 5) is 4.45. The van der Waals surface area contributed by atoms with Crippen molar-refractivity contribution in [3.63, 3.8) is 0 Å². The summed E-state index contributed by atoms with van der Waals surface area (Å²) < 4.78 is 0. The molecule has 144 valence electrons. The highest BCUT2D eigenvalue weighted by Gasteiger charge is 2.21. The molecule has 0 spiro atoms. The van der Waals surface area contributed by atoms with Crippen LogP contribution in [-0.4, -0.2) is 32.5 Å². The lowest BCUT2D eigenvalue weighted by Crippen LogP contribution is -2.28. The minimum atomic E-state index is -0.682. The van der Waals surface area contributed by atoms with Gasteiger partial charge in [-0.25, -0.2) is 0 Å². The number of aliphatic hydroxyl groups is 2. The second kappa shape index (κ2) is 9.49. The summed E-state index contributed by atoms with van der Waals surface area (Å²) in [7, 11) is 0. The van der Waals surface area contributed by atoms with Crippen molar-refractivity contribution < 1.29 is 15.3 Å². The maximum absolute atomic E-state index is 10.5. The van der Waals surface area contributed by atoms with Crippen LogP contribution in [0.5, 0.6) is 5.75 Å². The predicted molar refractivity (Wildman–Crippen MR) is 110 cm³/mol. The Hall–Kier alpha value is -2.43. The summed E-state index contributed by atoms with van der Waals surface area (Å²) in [5.41, 5.74) is 4.46. The van der Waals surface area contributed by atoms with Crippen LogP contribution in [0.4, 0.5) is 0 Å². The van der Waals surface area contributed by atoms with Gasteiger partial charge in [0.05, 0.1) is 17.9 Å². The first kappa shape index (κ1) is 20.9. The van der Waals surface area contributed by atoms with E-state index in [4.69, 9.17) is 0 Å². The molecule has 0 saturated heterocycles. The fourth-order valence-electron chi connectivity index (χ4n) is 3.27. The normalized spacial score (nSPS) is 15.2. The van der Waals surface area contributed by atoms with Crippen LogP contribution in [0, 0.1) is 19.8 Å². The number of pyridine rings is 1. The summed E-state index contributed by atoms with van der Waals surface area (Å²) in [5, 5.41) is 30.3. The number of allylic oxidation sites excluding steroid dienone is 1. The van der Waals surface area contributed by atoms with Gasteiger partial charge >= 0.3 is 0 Å². The average Bonchev–Trinajstić information content (AvgIpc) is 2.64. The highest BCUT2D eigenvalue weighted by atomic mass is 16.3. The number of nitrogens with zero attached hydrogens (tertiary/aromatic N) is 1. The lowest BCUT2D eigenvalue weighted by atomic mass is 9.91. The SMILES string of the molecule is C=C[C@H]([C@H](O)CC/C(=C/c1cc(C)c(O)c(C)c1)c1ccccn1)[C@@H](C)O. The predicted octanol–water partition coefficient (Wildman–Crippen LogP) is 4.27. The van der Waals surface area contributed by atoms with Gasteiger partial charge in [-0.1, -0.05) is 12.1 Å². The molecule has 4 nitrogen and oxygen atoms in total. The Bertz CT molecular complexity index is 774. The quantitative estimate of drug-likeness (QED) is 0.609. The first-order valence-corrected chi connectivity index (χ1v) is 9.24. The second-order valence-corrected chi connectivity index (χ2v) is 7.05. The van der Waals surface area contributed by atoms with Crippen LogP contribution >= 0.6 is 0 Å². The average molecular weight is 367 g/mol. The Balaban J connectivity index is 2.32. The molecular formula is C23H29NO3. The fraction of sp³-hybridized carbons (Fsp3) is 0.348. The zero-order chi connectivity index (χ0) is 20.0. The number of phenolic OH excluding ortho intramolecular Hbond substituents is 1. The molecule has 0 aliphatic carbocycles. The molecule has 1 heterocycles. The highest BCUT2D eigenvalue weighted by Crippen LogP contribution is 2.28. The first-order valence-electron chi connectivity index (χ1n) is 9.24. The molecule has 27 heavy (non-hydrogen) atoms. The monoisotopic (exact) mass is 367 g/mol. The van der Waals surface area contributed by atoms with E-state index in [1.807, 2.05) is 50.3 Å². The summed E-state index contributed by atoms with van der Waals surface area (Å²) in [6.07, 6.45) is 5.15. The lowest BCUT2D eigenvalue weighted by Gasteiger charge is -2.22. The van der Waals surface area contributed by atoms with E-state index < -0.39 is 12.2 Å². The van der Waals surface area contributed by atoms with E-state index in [1.165, 1.54) is 0 Å². The molecule has 1 aromatic carbocycles. The van der Waals surface area contributed by atoms with E-state index in [1.54, 1.807) is 19.2 Å². The number of aromatic hydroxyl groups is 1. The Labute approximate surface area is 161 Å². The highest BCUT2D eigenvalue weighted by molar-refractivity contribution is 5.80. The first-order chi connectivity index (χ1) is 12.8. The largest absolute Gasteiger partial charge is 0.507 e. The molecule has 0 unspecified atom stereocenters. The smallest absolute Gasteiger partial charge is 0.121 e. The van der Waals surface area contributed by atoms with Crippen LogP contribution < -0.4 is 0 Å². The summed E-state index contributed by atoms with van der Waals surface area (Å²) in [6, 6.07) is 9.61. The summed E-state index contributed by atoms with van der Waals surface area (Å²) in [6.45, 7) is 9.13. The van der Waals surface area contributed by atoms with Crippen molar-refractivity contribution >= 4 is 11.6 Å². The third-order valence-corrected chi connectivity index (χ3v) is 4.83. The molecule has 2 rings (SSSR count). The number of phenols is 1. The van der Waals surface area contributed by atoms with Crippen LogP contribution in [0.2, 0.25) is 0 Å². The van der Waals surface area contributed by atoms with Crippen molar-refractivity contribution in [1.82, 2.24) is 4.98 Å². The van der Waals surface area contributed by atoms with E-state index in [0.717, 1.165) is 28.0 Å². The minimum absolute atomic E-state index is 0.313. The maximum Gasteiger partial charge on any atom is 0.121 e. The van der Waals surface area contributed by atoms with Crippen molar-refractivity contribution in [2.75, 3.05) is 0 Å². The van der Waals surface area contributed by atoms with Crippen LogP contribution in [-0.2, 0) is 0 Å². The minimum Gasteiger partial charge on any atom is -0.507 e. The Morgan fingerprint density at radius 1 is 1.19 bits per heavy atom. The van der Waals surface area contributed by atoms with E-state index in [9.17, 15) is 15.3 Å². The molecule has 3 N–H and O–H groups in total. The molecule has 2 aromatic rings. The van der Waals surface area contributed by atoms with E-state index >= 15 is 0 Å². The van der Waals surface area contributed by atoms with Gasteiger partial charge in [0.15, 0.2) is 0 Å². The van der Waals surface area contributed by atoms with E-state index in [0.29, 0.717) is 18.6 Å². The Morgan fingerprint density at radius 3 is 2.37 bits per heavy atom. The number of aryl methyl sites for hydroxylation is 2. The second-order valence-electron chi connectivity index (χ2n) is 7.05.